The summed E-state index contributed by atoms with van der Waals surface area (Å²) in [4.78, 5) is 28.4. The molecule has 3 aromatic rings. The first-order chi connectivity index (χ1) is 15.6. The minimum absolute atomic E-state index is 0.165. The molecule has 4 rings (SSSR count). The van der Waals surface area contributed by atoms with Crippen LogP contribution in [-0.4, -0.2) is 18.5 Å². The molecule has 1 heterocycles. The van der Waals surface area contributed by atoms with E-state index < -0.39 is 5.25 Å². The smallest absolute Gasteiger partial charge is 0.341 e. The molecule has 1 aliphatic rings. The highest BCUT2D eigenvalue weighted by Gasteiger charge is 2.29. The molecule has 1 unspecified atom stereocenters. The van der Waals surface area contributed by atoms with Crippen molar-refractivity contribution in [3.63, 3.8) is 0 Å². The van der Waals surface area contributed by atoms with Gasteiger partial charge >= 0.3 is 5.97 Å². The van der Waals surface area contributed by atoms with Crippen molar-refractivity contribution < 1.29 is 14.3 Å². The molecule has 7 heteroatoms. The zero-order valence-corrected chi connectivity index (χ0v) is 19.6. The lowest BCUT2D eigenvalue weighted by Gasteiger charge is -2.17. The van der Waals surface area contributed by atoms with Crippen LogP contribution in [0.3, 0.4) is 0 Å². The van der Waals surface area contributed by atoms with Gasteiger partial charge in [-0.3, -0.25) is 4.79 Å². The molecule has 0 radical (unpaired) electrons. The first-order valence-electron chi connectivity index (χ1n) is 10.8. The average Bonchev–Trinajstić information content (AvgIpc) is 3.17. The van der Waals surface area contributed by atoms with Crippen LogP contribution >= 0.6 is 23.1 Å². The Morgan fingerprint density at radius 1 is 1.09 bits per heavy atom. The zero-order chi connectivity index (χ0) is 22.5. The number of thioether (sulfide) groups is 1. The molecule has 1 atom stereocenters. The van der Waals surface area contributed by atoms with E-state index in [1.165, 1.54) is 28.0 Å². The van der Waals surface area contributed by atoms with Gasteiger partial charge in [-0.1, -0.05) is 30.3 Å². The second kappa shape index (κ2) is 10.2. The highest BCUT2D eigenvalue weighted by Crippen LogP contribution is 2.41. The highest BCUT2D eigenvalue weighted by molar-refractivity contribution is 8.00. The van der Waals surface area contributed by atoms with E-state index >= 15 is 0 Å². The molecule has 1 aromatic heterocycles. The van der Waals surface area contributed by atoms with Gasteiger partial charge in [-0.25, -0.2) is 4.79 Å². The summed E-state index contributed by atoms with van der Waals surface area (Å²) >= 11 is 2.96. The summed E-state index contributed by atoms with van der Waals surface area (Å²) in [5.74, 6) is -0.521. The molecule has 166 valence electrons. The molecule has 1 amide bonds. The number of esters is 1. The van der Waals surface area contributed by atoms with Gasteiger partial charge < -0.3 is 15.8 Å². The summed E-state index contributed by atoms with van der Waals surface area (Å²) in [6.07, 6.45) is 3.93. The Labute approximate surface area is 196 Å². The summed E-state index contributed by atoms with van der Waals surface area (Å²) in [5, 5.41) is 3.19. The van der Waals surface area contributed by atoms with Crippen molar-refractivity contribution in [2.75, 3.05) is 17.7 Å². The van der Waals surface area contributed by atoms with E-state index in [0.717, 1.165) is 41.7 Å². The fraction of sp³-hybridized carbons (Fsp3) is 0.280. The molecule has 2 aromatic carbocycles. The topological polar surface area (TPSA) is 81.4 Å². The van der Waals surface area contributed by atoms with Crippen molar-refractivity contribution >= 4 is 45.7 Å². The number of nitrogens with two attached hydrogens (primary N) is 1. The van der Waals surface area contributed by atoms with Gasteiger partial charge in [-0.05, 0) is 68.0 Å². The quantitative estimate of drug-likeness (QED) is 0.259. The SMILES string of the molecule is CCOC(=O)c1c(NC(=O)C(Sc2ccc(N)cc2)c2ccccc2)sc2c1CCCC2. The van der Waals surface area contributed by atoms with Crippen LogP contribution in [0.25, 0.3) is 0 Å². The predicted molar refractivity (Wildman–Crippen MR) is 131 cm³/mol. The largest absolute Gasteiger partial charge is 0.462 e. The molecule has 0 bridgehead atoms. The van der Waals surface area contributed by atoms with E-state index in [-0.39, 0.29) is 11.9 Å². The van der Waals surface area contributed by atoms with Gasteiger partial charge in [0.1, 0.15) is 10.3 Å². The number of anilines is 2. The summed E-state index contributed by atoms with van der Waals surface area (Å²) in [7, 11) is 0. The van der Waals surface area contributed by atoms with Crippen LogP contribution in [0.15, 0.2) is 59.5 Å². The Balaban J connectivity index is 1.65. The molecule has 5 nitrogen and oxygen atoms in total. The first kappa shape index (κ1) is 22.4. The third-order valence-corrected chi connectivity index (χ3v) is 7.84. The van der Waals surface area contributed by atoms with Gasteiger partial charge in [0.2, 0.25) is 5.91 Å². The molecule has 32 heavy (non-hydrogen) atoms. The van der Waals surface area contributed by atoms with Gasteiger partial charge in [0.25, 0.3) is 0 Å². The van der Waals surface area contributed by atoms with Gasteiger partial charge in [-0.2, -0.15) is 0 Å². The van der Waals surface area contributed by atoms with Crippen molar-refractivity contribution in [1.82, 2.24) is 0 Å². The number of nitrogen functional groups attached to an aromatic ring is 1. The third kappa shape index (κ3) is 5.00. The van der Waals surface area contributed by atoms with Crippen LogP contribution < -0.4 is 11.1 Å². The summed E-state index contributed by atoms with van der Waals surface area (Å²) in [6.45, 7) is 2.10. The molecule has 0 saturated carbocycles. The summed E-state index contributed by atoms with van der Waals surface area (Å²) < 4.78 is 5.33. The lowest BCUT2D eigenvalue weighted by atomic mass is 9.95. The van der Waals surface area contributed by atoms with Crippen LogP contribution in [-0.2, 0) is 22.4 Å². The average molecular weight is 467 g/mol. The lowest BCUT2D eigenvalue weighted by molar-refractivity contribution is -0.115. The van der Waals surface area contributed by atoms with Gasteiger partial charge in [0.15, 0.2) is 0 Å². The maximum Gasteiger partial charge on any atom is 0.341 e. The number of ether oxygens (including phenoxy) is 1. The number of carbonyl (C=O) groups excluding carboxylic acids is 2. The van der Waals surface area contributed by atoms with Crippen molar-refractivity contribution in [1.29, 1.82) is 0 Å². The number of hydrogen-bond acceptors (Lipinski definition) is 6. The fourth-order valence-electron chi connectivity index (χ4n) is 3.83. The normalized spacial score (nSPS) is 13.8. The number of rotatable bonds is 7. The second-order valence-corrected chi connectivity index (χ2v) is 9.89. The van der Waals surface area contributed by atoms with E-state index in [0.29, 0.717) is 22.9 Å². The Bertz CT molecular complexity index is 1090. The van der Waals surface area contributed by atoms with E-state index in [1.54, 1.807) is 6.92 Å². The van der Waals surface area contributed by atoms with Crippen molar-refractivity contribution in [3.05, 3.63) is 76.2 Å². The molecule has 0 spiro atoms. The van der Waals surface area contributed by atoms with Gasteiger partial charge in [-0.15, -0.1) is 23.1 Å². The van der Waals surface area contributed by atoms with Crippen molar-refractivity contribution in [2.24, 2.45) is 0 Å². The first-order valence-corrected chi connectivity index (χ1v) is 12.5. The number of benzene rings is 2. The third-order valence-electron chi connectivity index (χ3n) is 5.36. The Hall–Kier alpha value is -2.77. The number of aryl methyl sites for hydroxylation is 1. The monoisotopic (exact) mass is 466 g/mol. The standard InChI is InChI=1S/C25H26N2O3S2/c1-2-30-25(29)21-19-10-6-7-11-20(19)32-24(21)27-23(28)22(16-8-4-3-5-9-16)31-18-14-12-17(26)13-15-18/h3-5,8-9,12-15,22H,2,6-7,10-11,26H2,1H3,(H,27,28). The molecule has 0 saturated heterocycles. The van der Waals surface area contributed by atoms with Gasteiger partial charge in [0, 0.05) is 15.5 Å². The van der Waals surface area contributed by atoms with Crippen molar-refractivity contribution in [2.45, 2.75) is 42.8 Å². The van der Waals surface area contributed by atoms with Crippen molar-refractivity contribution in [3.8, 4) is 0 Å². The van der Waals surface area contributed by atoms with E-state index in [4.69, 9.17) is 10.5 Å². The van der Waals surface area contributed by atoms with Crippen LogP contribution in [0.5, 0.6) is 0 Å². The molecule has 0 aliphatic heterocycles. The highest BCUT2D eigenvalue weighted by atomic mass is 32.2. The predicted octanol–water partition coefficient (Wildman–Crippen LogP) is 5.86. The minimum atomic E-state index is -0.478. The number of fused-ring (bicyclic) bond motifs is 1. The van der Waals surface area contributed by atoms with Crippen LogP contribution in [0.2, 0.25) is 0 Å². The van der Waals surface area contributed by atoms with Gasteiger partial charge in [0.05, 0.1) is 12.2 Å². The molecule has 3 N–H and O–H groups in total. The fourth-order valence-corrected chi connectivity index (χ4v) is 6.14. The number of hydrogen-bond donors (Lipinski definition) is 2. The summed E-state index contributed by atoms with van der Waals surface area (Å²) in [5.41, 5.74) is 8.96. The maximum atomic E-state index is 13.5. The van der Waals surface area contributed by atoms with E-state index in [2.05, 4.69) is 5.32 Å². The van der Waals surface area contributed by atoms with E-state index in [9.17, 15) is 9.59 Å². The molecule has 1 aliphatic carbocycles. The van der Waals surface area contributed by atoms with Crippen LogP contribution in [0.1, 0.15) is 51.4 Å². The Morgan fingerprint density at radius 3 is 2.53 bits per heavy atom. The number of carbonyl (C=O) groups is 2. The molecular weight excluding hydrogens is 440 g/mol. The van der Waals surface area contributed by atoms with Crippen LogP contribution in [0, 0.1) is 0 Å². The lowest BCUT2D eigenvalue weighted by Crippen LogP contribution is -2.20. The number of amides is 1. The zero-order valence-electron chi connectivity index (χ0n) is 17.9. The Kier molecular flexibility index (Phi) is 7.17. The summed E-state index contributed by atoms with van der Waals surface area (Å²) in [6, 6.07) is 17.1. The maximum absolute atomic E-state index is 13.5. The molecular formula is C25H26N2O3S2. The number of thiophene rings is 1. The number of nitrogens with one attached hydrogen (secondary N) is 1. The molecule has 0 fully saturated rings. The van der Waals surface area contributed by atoms with Crippen LogP contribution in [0.4, 0.5) is 10.7 Å². The minimum Gasteiger partial charge on any atom is -0.462 e. The Morgan fingerprint density at radius 2 is 1.81 bits per heavy atom. The second-order valence-electron chi connectivity index (χ2n) is 7.60. The van der Waals surface area contributed by atoms with E-state index in [1.807, 2.05) is 54.6 Å².